The van der Waals surface area contributed by atoms with Crippen molar-refractivity contribution in [3.05, 3.63) is 0 Å². The Balaban J connectivity index is 1.39. The number of hydrogen-bond acceptors (Lipinski definition) is 2. The smallest absolute Gasteiger partial charge is 0.225 e. The van der Waals surface area contributed by atoms with Crippen LogP contribution in [0.1, 0.15) is 58.3 Å². The highest BCUT2D eigenvalue weighted by Gasteiger charge is 2.31. The van der Waals surface area contributed by atoms with Crippen molar-refractivity contribution in [2.45, 2.75) is 64.3 Å². The van der Waals surface area contributed by atoms with Gasteiger partial charge in [0.2, 0.25) is 5.91 Å². The zero-order valence-corrected chi connectivity index (χ0v) is 12.9. The molecule has 114 valence electrons. The van der Waals surface area contributed by atoms with Crippen molar-refractivity contribution in [1.82, 2.24) is 10.2 Å². The number of carbonyl (C=O) groups excluding carboxylic acids is 1. The number of nitrogens with one attached hydrogen (secondary N) is 1. The SMILES string of the molecule is CC1CCC(C(=O)N2CCC(NCC3CC3)CC2)CC1. The highest BCUT2D eigenvalue weighted by molar-refractivity contribution is 5.79. The van der Waals surface area contributed by atoms with E-state index in [0.717, 1.165) is 50.6 Å². The maximum Gasteiger partial charge on any atom is 0.225 e. The third kappa shape index (κ3) is 3.75. The van der Waals surface area contributed by atoms with E-state index in [0.29, 0.717) is 17.9 Å². The Labute approximate surface area is 123 Å². The van der Waals surface area contributed by atoms with Crippen LogP contribution in [0.25, 0.3) is 0 Å². The van der Waals surface area contributed by atoms with Crippen molar-refractivity contribution >= 4 is 5.91 Å². The molecule has 2 aliphatic carbocycles. The Morgan fingerprint density at radius 3 is 2.25 bits per heavy atom. The summed E-state index contributed by atoms with van der Waals surface area (Å²) >= 11 is 0. The van der Waals surface area contributed by atoms with Gasteiger partial charge in [-0.2, -0.15) is 0 Å². The molecular formula is C17H30N2O. The van der Waals surface area contributed by atoms with Crippen LogP contribution < -0.4 is 5.32 Å². The molecule has 20 heavy (non-hydrogen) atoms. The molecule has 1 aliphatic heterocycles. The minimum atomic E-state index is 0.335. The molecule has 1 N–H and O–H groups in total. The molecule has 3 heteroatoms. The Bertz CT molecular complexity index is 324. The van der Waals surface area contributed by atoms with Crippen LogP contribution in [0.3, 0.4) is 0 Å². The normalized spacial score (nSPS) is 32.4. The van der Waals surface area contributed by atoms with Crippen LogP contribution in [0, 0.1) is 17.8 Å². The van der Waals surface area contributed by atoms with Gasteiger partial charge in [-0.25, -0.2) is 0 Å². The first-order valence-corrected chi connectivity index (χ1v) is 8.74. The monoisotopic (exact) mass is 278 g/mol. The zero-order valence-electron chi connectivity index (χ0n) is 12.9. The number of likely N-dealkylation sites (tertiary alicyclic amines) is 1. The Hall–Kier alpha value is -0.570. The average Bonchev–Trinajstić information content (AvgIpc) is 3.30. The summed E-state index contributed by atoms with van der Waals surface area (Å²) in [6.45, 7) is 5.48. The quantitative estimate of drug-likeness (QED) is 0.857. The van der Waals surface area contributed by atoms with E-state index in [9.17, 15) is 4.79 Å². The van der Waals surface area contributed by atoms with Crippen molar-refractivity contribution in [3.8, 4) is 0 Å². The first kappa shape index (κ1) is 14.4. The summed E-state index contributed by atoms with van der Waals surface area (Å²) < 4.78 is 0. The minimum absolute atomic E-state index is 0.335. The predicted molar refractivity (Wildman–Crippen MR) is 81.5 cm³/mol. The molecule has 1 amide bonds. The predicted octanol–water partition coefficient (Wildman–Crippen LogP) is 2.80. The van der Waals surface area contributed by atoms with Crippen LogP contribution in [-0.2, 0) is 4.79 Å². The average molecular weight is 278 g/mol. The zero-order chi connectivity index (χ0) is 13.9. The summed E-state index contributed by atoms with van der Waals surface area (Å²) in [7, 11) is 0. The lowest BCUT2D eigenvalue weighted by atomic mass is 9.82. The van der Waals surface area contributed by atoms with Gasteiger partial charge in [0.05, 0.1) is 0 Å². The first-order valence-electron chi connectivity index (χ1n) is 8.74. The van der Waals surface area contributed by atoms with E-state index < -0.39 is 0 Å². The molecule has 0 radical (unpaired) electrons. The highest BCUT2D eigenvalue weighted by atomic mass is 16.2. The van der Waals surface area contributed by atoms with Crippen molar-refractivity contribution in [2.24, 2.45) is 17.8 Å². The van der Waals surface area contributed by atoms with Crippen LogP contribution >= 0.6 is 0 Å². The number of carbonyl (C=O) groups is 1. The van der Waals surface area contributed by atoms with Crippen molar-refractivity contribution in [2.75, 3.05) is 19.6 Å². The van der Waals surface area contributed by atoms with Gasteiger partial charge < -0.3 is 10.2 Å². The largest absolute Gasteiger partial charge is 0.342 e. The molecule has 0 aromatic rings. The lowest BCUT2D eigenvalue weighted by Gasteiger charge is -2.36. The Morgan fingerprint density at radius 2 is 1.65 bits per heavy atom. The van der Waals surface area contributed by atoms with Gasteiger partial charge >= 0.3 is 0 Å². The lowest BCUT2D eigenvalue weighted by Crippen LogP contribution is -2.47. The summed E-state index contributed by atoms with van der Waals surface area (Å²) in [4.78, 5) is 14.7. The lowest BCUT2D eigenvalue weighted by molar-refractivity contribution is -0.138. The van der Waals surface area contributed by atoms with Gasteiger partial charge in [0, 0.05) is 25.0 Å². The number of piperidine rings is 1. The fourth-order valence-corrected chi connectivity index (χ4v) is 3.72. The van der Waals surface area contributed by atoms with Gasteiger partial charge in [-0.3, -0.25) is 4.79 Å². The van der Waals surface area contributed by atoms with Crippen molar-refractivity contribution in [3.63, 3.8) is 0 Å². The molecular weight excluding hydrogens is 248 g/mol. The fourth-order valence-electron chi connectivity index (χ4n) is 3.72. The molecule has 0 aromatic carbocycles. The summed E-state index contributed by atoms with van der Waals surface area (Å²) in [6.07, 6.45) is 9.89. The van der Waals surface area contributed by atoms with Gasteiger partial charge in [-0.05, 0) is 69.7 Å². The summed E-state index contributed by atoms with van der Waals surface area (Å²) in [5.74, 6) is 2.58. The van der Waals surface area contributed by atoms with Crippen molar-refractivity contribution in [1.29, 1.82) is 0 Å². The Kier molecular flexibility index (Phi) is 4.65. The number of hydrogen-bond donors (Lipinski definition) is 1. The first-order chi connectivity index (χ1) is 9.72. The molecule has 0 spiro atoms. The summed E-state index contributed by atoms with van der Waals surface area (Å²) in [5.41, 5.74) is 0. The molecule has 1 heterocycles. The van der Waals surface area contributed by atoms with E-state index in [1.807, 2.05) is 0 Å². The van der Waals surface area contributed by atoms with Crippen LogP contribution in [0.4, 0.5) is 0 Å². The van der Waals surface area contributed by atoms with E-state index in [-0.39, 0.29) is 0 Å². The van der Waals surface area contributed by atoms with E-state index in [1.165, 1.54) is 32.2 Å². The highest BCUT2D eigenvalue weighted by Crippen LogP contribution is 2.31. The summed E-state index contributed by atoms with van der Waals surface area (Å²) in [6, 6.07) is 0.658. The van der Waals surface area contributed by atoms with Crippen LogP contribution in [-0.4, -0.2) is 36.5 Å². The third-order valence-electron chi connectivity index (χ3n) is 5.56. The van der Waals surface area contributed by atoms with Gasteiger partial charge in [0.25, 0.3) is 0 Å². The van der Waals surface area contributed by atoms with E-state index in [4.69, 9.17) is 0 Å². The van der Waals surface area contributed by atoms with Gasteiger partial charge in [-0.1, -0.05) is 6.92 Å². The maximum atomic E-state index is 12.5. The summed E-state index contributed by atoms with van der Waals surface area (Å²) in [5, 5.41) is 3.69. The van der Waals surface area contributed by atoms with E-state index in [1.54, 1.807) is 0 Å². The molecule has 0 unspecified atom stereocenters. The molecule has 3 aliphatic rings. The topological polar surface area (TPSA) is 32.3 Å². The molecule has 3 fully saturated rings. The van der Waals surface area contributed by atoms with E-state index in [2.05, 4.69) is 17.1 Å². The molecule has 3 nitrogen and oxygen atoms in total. The number of amides is 1. The second-order valence-electron chi connectivity index (χ2n) is 7.41. The van der Waals surface area contributed by atoms with Crippen molar-refractivity contribution < 1.29 is 4.79 Å². The molecule has 1 saturated heterocycles. The second-order valence-corrected chi connectivity index (χ2v) is 7.41. The van der Waals surface area contributed by atoms with E-state index >= 15 is 0 Å². The number of rotatable bonds is 4. The van der Waals surface area contributed by atoms with Crippen LogP contribution in [0.5, 0.6) is 0 Å². The Morgan fingerprint density at radius 1 is 1.00 bits per heavy atom. The number of nitrogens with zero attached hydrogens (tertiary/aromatic N) is 1. The molecule has 0 atom stereocenters. The molecule has 3 rings (SSSR count). The van der Waals surface area contributed by atoms with Crippen LogP contribution in [0.15, 0.2) is 0 Å². The molecule has 0 bridgehead atoms. The molecule has 2 saturated carbocycles. The fraction of sp³-hybridized carbons (Fsp3) is 0.941. The molecule has 0 aromatic heterocycles. The van der Waals surface area contributed by atoms with Gasteiger partial charge in [0.1, 0.15) is 0 Å². The standard InChI is InChI=1S/C17H30N2O/c1-13-2-6-15(7-3-13)17(20)19-10-8-16(9-11-19)18-12-14-4-5-14/h13-16,18H,2-12H2,1H3. The minimum Gasteiger partial charge on any atom is -0.342 e. The van der Waals surface area contributed by atoms with Gasteiger partial charge in [-0.15, -0.1) is 0 Å². The third-order valence-corrected chi connectivity index (χ3v) is 5.56. The van der Waals surface area contributed by atoms with Gasteiger partial charge in [0.15, 0.2) is 0 Å². The second kappa shape index (κ2) is 6.46. The maximum absolute atomic E-state index is 12.5. The van der Waals surface area contributed by atoms with Crippen LogP contribution in [0.2, 0.25) is 0 Å².